The van der Waals surface area contributed by atoms with Gasteiger partial charge in [0.2, 0.25) is 5.91 Å². The second kappa shape index (κ2) is 4.93. The number of carbonyl (C=O) groups is 1. The van der Waals surface area contributed by atoms with E-state index in [1.54, 1.807) is 26.0 Å². The molecule has 19 heavy (non-hydrogen) atoms. The molecular formula is C15H20FNO2. The van der Waals surface area contributed by atoms with Gasteiger partial charge in [-0.1, -0.05) is 18.6 Å². The molecule has 0 aliphatic heterocycles. The standard InChI is InChI=1S/C15H20FNO2/c1-14(2,10-18)17-13(19)15(8-3-9-15)11-4-6-12(16)7-5-11/h4-7,18H,3,8-10H2,1-2H3,(H,17,19). The zero-order chi connectivity index (χ0) is 14.1. The van der Waals surface area contributed by atoms with Gasteiger partial charge in [0.1, 0.15) is 5.82 Å². The molecule has 0 atom stereocenters. The van der Waals surface area contributed by atoms with E-state index < -0.39 is 11.0 Å². The molecular weight excluding hydrogens is 245 g/mol. The summed E-state index contributed by atoms with van der Waals surface area (Å²) < 4.78 is 13.0. The molecule has 0 bridgehead atoms. The molecule has 1 aromatic carbocycles. The van der Waals surface area contributed by atoms with Crippen molar-refractivity contribution in [2.45, 2.75) is 44.1 Å². The number of nitrogens with one attached hydrogen (secondary N) is 1. The van der Waals surface area contributed by atoms with E-state index in [9.17, 15) is 14.3 Å². The van der Waals surface area contributed by atoms with Crippen LogP contribution < -0.4 is 5.32 Å². The van der Waals surface area contributed by atoms with Crippen LogP contribution in [0.25, 0.3) is 0 Å². The van der Waals surface area contributed by atoms with E-state index in [4.69, 9.17) is 0 Å². The molecule has 2 rings (SSSR count). The summed E-state index contributed by atoms with van der Waals surface area (Å²) in [5.41, 5.74) is -0.341. The van der Waals surface area contributed by atoms with Gasteiger partial charge in [-0.15, -0.1) is 0 Å². The minimum atomic E-state index is -0.639. The smallest absolute Gasteiger partial charge is 0.231 e. The molecule has 1 saturated carbocycles. The third-order valence-corrected chi connectivity index (χ3v) is 3.89. The first-order chi connectivity index (χ1) is 8.89. The molecule has 2 N–H and O–H groups in total. The van der Waals surface area contributed by atoms with Gasteiger partial charge in [0.25, 0.3) is 0 Å². The Kier molecular flexibility index (Phi) is 3.63. The topological polar surface area (TPSA) is 49.3 Å². The largest absolute Gasteiger partial charge is 0.394 e. The summed E-state index contributed by atoms with van der Waals surface area (Å²) in [6.45, 7) is 3.45. The lowest BCUT2D eigenvalue weighted by molar-refractivity contribution is -0.132. The van der Waals surface area contributed by atoms with Gasteiger partial charge in [-0.05, 0) is 44.4 Å². The SMILES string of the molecule is CC(C)(CO)NC(=O)C1(c2ccc(F)cc2)CCC1. The van der Waals surface area contributed by atoms with E-state index in [0.29, 0.717) is 0 Å². The summed E-state index contributed by atoms with van der Waals surface area (Å²) in [6.07, 6.45) is 2.53. The van der Waals surface area contributed by atoms with Crippen molar-refractivity contribution >= 4 is 5.91 Å². The van der Waals surface area contributed by atoms with Crippen molar-refractivity contribution in [1.29, 1.82) is 0 Å². The molecule has 1 aliphatic rings. The number of aliphatic hydroxyl groups is 1. The number of halogens is 1. The highest BCUT2D eigenvalue weighted by atomic mass is 19.1. The highest BCUT2D eigenvalue weighted by Gasteiger charge is 2.46. The maximum absolute atomic E-state index is 13.0. The first kappa shape index (κ1) is 14.0. The first-order valence-electron chi connectivity index (χ1n) is 6.59. The average molecular weight is 265 g/mol. The predicted octanol–water partition coefficient (Wildman–Crippen LogP) is 2.13. The van der Waals surface area contributed by atoms with Crippen molar-refractivity contribution < 1.29 is 14.3 Å². The van der Waals surface area contributed by atoms with Crippen LogP contribution in [0.15, 0.2) is 24.3 Å². The van der Waals surface area contributed by atoms with Gasteiger partial charge in [-0.2, -0.15) is 0 Å². The van der Waals surface area contributed by atoms with Crippen molar-refractivity contribution in [1.82, 2.24) is 5.32 Å². The molecule has 0 saturated heterocycles. The van der Waals surface area contributed by atoms with Crippen LogP contribution in [0.4, 0.5) is 4.39 Å². The van der Waals surface area contributed by atoms with E-state index in [1.807, 2.05) is 0 Å². The van der Waals surface area contributed by atoms with Crippen LogP contribution in [0.1, 0.15) is 38.7 Å². The number of benzene rings is 1. The lowest BCUT2D eigenvalue weighted by atomic mass is 9.63. The van der Waals surface area contributed by atoms with E-state index in [1.165, 1.54) is 12.1 Å². The number of rotatable bonds is 4. The van der Waals surface area contributed by atoms with Crippen LogP contribution in [0, 0.1) is 5.82 Å². The Labute approximate surface area is 112 Å². The van der Waals surface area contributed by atoms with Crippen LogP contribution in [0.3, 0.4) is 0 Å². The summed E-state index contributed by atoms with van der Waals surface area (Å²) in [5.74, 6) is -0.376. The zero-order valence-corrected chi connectivity index (χ0v) is 11.4. The van der Waals surface area contributed by atoms with Gasteiger partial charge >= 0.3 is 0 Å². The fraction of sp³-hybridized carbons (Fsp3) is 0.533. The van der Waals surface area contributed by atoms with Crippen molar-refractivity contribution in [2.75, 3.05) is 6.61 Å². The Morgan fingerprint density at radius 3 is 2.37 bits per heavy atom. The van der Waals surface area contributed by atoms with E-state index in [-0.39, 0.29) is 18.3 Å². The summed E-state index contributed by atoms with van der Waals surface area (Å²) in [5, 5.41) is 12.1. The van der Waals surface area contributed by atoms with Crippen molar-refractivity contribution in [3.8, 4) is 0 Å². The second-order valence-corrected chi connectivity index (χ2v) is 5.94. The molecule has 4 heteroatoms. The molecule has 1 amide bonds. The van der Waals surface area contributed by atoms with Crippen LogP contribution in [-0.2, 0) is 10.2 Å². The fourth-order valence-corrected chi connectivity index (χ4v) is 2.41. The maximum Gasteiger partial charge on any atom is 0.231 e. The van der Waals surface area contributed by atoms with Crippen molar-refractivity contribution in [2.24, 2.45) is 0 Å². The van der Waals surface area contributed by atoms with Gasteiger partial charge < -0.3 is 10.4 Å². The molecule has 0 heterocycles. The molecule has 1 aliphatic carbocycles. The van der Waals surface area contributed by atoms with E-state index >= 15 is 0 Å². The lowest BCUT2D eigenvalue weighted by Gasteiger charge is -2.42. The summed E-state index contributed by atoms with van der Waals surface area (Å²) in [4.78, 5) is 12.5. The van der Waals surface area contributed by atoms with Gasteiger partial charge in [0.05, 0.1) is 17.6 Å². The molecule has 0 unspecified atom stereocenters. The van der Waals surface area contributed by atoms with Crippen LogP contribution in [-0.4, -0.2) is 23.2 Å². The number of carbonyl (C=O) groups excluding carboxylic acids is 1. The molecule has 0 spiro atoms. The normalized spacial score (nSPS) is 17.7. The highest BCUT2D eigenvalue weighted by molar-refractivity contribution is 5.89. The Morgan fingerprint density at radius 1 is 1.37 bits per heavy atom. The summed E-state index contributed by atoms with van der Waals surface area (Å²) >= 11 is 0. The van der Waals surface area contributed by atoms with Gasteiger partial charge in [0, 0.05) is 0 Å². The maximum atomic E-state index is 13.0. The second-order valence-electron chi connectivity index (χ2n) is 5.94. The van der Waals surface area contributed by atoms with Gasteiger partial charge in [-0.25, -0.2) is 4.39 Å². The third-order valence-electron chi connectivity index (χ3n) is 3.89. The summed E-state index contributed by atoms with van der Waals surface area (Å²) in [7, 11) is 0. The molecule has 3 nitrogen and oxygen atoms in total. The lowest BCUT2D eigenvalue weighted by Crippen LogP contribution is -2.56. The molecule has 1 aromatic rings. The third kappa shape index (κ3) is 2.63. The van der Waals surface area contributed by atoms with Crippen molar-refractivity contribution in [3.63, 3.8) is 0 Å². The fourth-order valence-electron chi connectivity index (χ4n) is 2.41. The monoisotopic (exact) mass is 265 g/mol. The van der Waals surface area contributed by atoms with Crippen LogP contribution >= 0.6 is 0 Å². The minimum Gasteiger partial charge on any atom is -0.394 e. The minimum absolute atomic E-state index is 0.0793. The van der Waals surface area contributed by atoms with Crippen LogP contribution in [0.5, 0.6) is 0 Å². The Hall–Kier alpha value is -1.42. The van der Waals surface area contributed by atoms with Gasteiger partial charge in [-0.3, -0.25) is 4.79 Å². The average Bonchev–Trinajstić information content (AvgIpc) is 2.29. The van der Waals surface area contributed by atoms with E-state index in [2.05, 4.69) is 5.32 Å². The van der Waals surface area contributed by atoms with Crippen molar-refractivity contribution in [3.05, 3.63) is 35.6 Å². The molecule has 0 aromatic heterocycles. The van der Waals surface area contributed by atoms with Crippen LogP contribution in [0.2, 0.25) is 0 Å². The quantitative estimate of drug-likeness (QED) is 0.876. The molecule has 104 valence electrons. The highest BCUT2D eigenvalue weighted by Crippen LogP contribution is 2.44. The van der Waals surface area contributed by atoms with E-state index in [0.717, 1.165) is 24.8 Å². The number of aliphatic hydroxyl groups excluding tert-OH is 1. The predicted molar refractivity (Wildman–Crippen MR) is 71.2 cm³/mol. The molecule has 0 radical (unpaired) electrons. The summed E-state index contributed by atoms with van der Waals surface area (Å²) in [6, 6.07) is 6.14. The number of hydrogen-bond donors (Lipinski definition) is 2. The Bertz CT molecular complexity index is 464. The zero-order valence-electron chi connectivity index (χ0n) is 11.4. The van der Waals surface area contributed by atoms with Gasteiger partial charge in [0.15, 0.2) is 0 Å². The Morgan fingerprint density at radius 2 is 1.95 bits per heavy atom. The molecule has 1 fully saturated rings. The number of hydrogen-bond acceptors (Lipinski definition) is 2. The first-order valence-corrected chi connectivity index (χ1v) is 6.59. The number of amides is 1. The Balaban J connectivity index is 2.23.